The molecule has 4 aromatic heterocycles. The first-order valence-electron chi connectivity index (χ1n) is 16.5. The molecule has 1 aromatic carbocycles. The molecule has 0 aliphatic carbocycles. The lowest BCUT2D eigenvalue weighted by Crippen LogP contribution is -2.49. The number of oxazole rings is 1. The average molecular weight is 692 g/mol. The lowest BCUT2D eigenvalue weighted by Gasteiger charge is -2.23. The van der Waals surface area contributed by atoms with Crippen LogP contribution < -0.4 is 16.0 Å². The van der Waals surface area contributed by atoms with Crippen LogP contribution in [0.15, 0.2) is 82.3 Å². The molecule has 0 saturated carbocycles. The summed E-state index contributed by atoms with van der Waals surface area (Å²) in [5, 5.41) is 12.5. The number of benzene rings is 1. The zero-order valence-corrected chi connectivity index (χ0v) is 28.3. The van der Waals surface area contributed by atoms with Crippen LogP contribution in [0.4, 0.5) is 0 Å². The summed E-state index contributed by atoms with van der Waals surface area (Å²) < 4.78 is 11.2. The molecule has 1 aliphatic rings. The molecule has 0 unspecified atom stereocenters. The Morgan fingerprint density at radius 1 is 0.980 bits per heavy atom. The minimum atomic E-state index is -0.984. The molecule has 0 fully saturated rings. The Morgan fingerprint density at radius 2 is 1.76 bits per heavy atom. The molecule has 0 spiro atoms. The quantitative estimate of drug-likeness (QED) is 0.236. The summed E-state index contributed by atoms with van der Waals surface area (Å²) in [6.07, 6.45) is 6.56. The van der Waals surface area contributed by atoms with Gasteiger partial charge >= 0.3 is 0 Å². The van der Waals surface area contributed by atoms with E-state index in [-0.39, 0.29) is 60.6 Å². The summed E-state index contributed by atoms with van der Waals surface area (Å²) in [7, 11) is 0. The predicted molar refractivity (Wildman–Crippen MR) is 182 cm³/mol. The maximum atomic E-state index is 14.0. The normalized spacial score (nSPS) is 17.3. The Balaban J connectivity index is 1.31. The Kier molecular flexibility index (Phi) is 10.5. The van der Waals surface area contributed by atoms with Crippen molar-refractivity contribution in [3.63, 3.8) is 0 Å². The van der Waals surface area contributed by atoms with E-state index in [1.54, 1.807) is 25.4 Å². The number of nitrogens with zero attached hydrogens (tertiary/aromatic N) is 6. The van der Waals surface area contributed by atoms with E-state index in [9.17, 15) is 19.2 Å². The molecule has 3 N–H and O–H groups in total. The molecule has 262 valence electrons. The highest BCUT2D eigenvalue weighted by Crippen LogP contribution is 2.23. The molecule has 2 atom stereocenters. The van der Waals surface area contributed by atoms with Crippen molar-refractivity contribution < 1.29 is 28.1 Å². The molecule has 4 bridgehead atoms. The smallest absolute Gasteiger partial charge is 0.274 e. The first-order valence-corrected chi connectivity index (χ1v) is 16.5. The van der Waals surface area contributed by atoms with Crippen LogP contribution >= 0.6 is 0 Å². The number of aromatic nitrogens is 5. The van der Waals surface area contributed by atoms with Crippen LogP contribution in [0.2, 0.25) is 0 Å². The van der Waals surface area contributed by atoms with Crippen molar-refractivity contribution >= 4 is 23.6 Å². The van der Waals surface area contributed by atoms with Gasteiger partial charge in [0, 0.05) is 49.7 Å². The molecule has 15 nitrogen and oxygen atoms in total. The van der Waals surface area contributed by atoms with Crippen molar-refractivity contribution in [1.29, 1.82) is 0 Å². The van der Waals surface area contributed by atoms with Crippen molar-refractivity contribution in [2.75, 3.05) is 13.1 Å². The van der Waals surface area contributed by atoms with Crippen LogP contribution in [0.5, 0.6) is 0 Å². The minimum Gasteiger partial charge on any atom is -0.446 e. The van der Waals surface area contributed by atoms with Crippen LogP contribution in [-0.4, -0.2) is 72.8 Å². The molecule has 5 heterocycles. The number of carbonyl (C=O) groups excluding carboxylic acids is 4. The van der Waals surface area contributed by atoms with Gasteiger partial charge in [0.05, 0.1) is 17.8 Å². The van der Waals surface area contributed by atoms with Crippen LogP contribution in [-0.2, 0) is 17.8 Å². The third-order valence-corrected chi connectivity index (χ3v) is 8.21. The second-order valence-electron chi connectivity index (χ2n) is 12.6. The van der Waals surface area contributed by atoms with Crippen molar-refractivity contribution in [2.24, 2.45) is 5.92 Å². The third kappa shape index (κ3) is 8.49. The van der Waals surface area contributed by atoms with Gasteiger partial charge in [-0.05, 0) is 37.0 Å². The van der Waals surface area contributed by atoms with E-state index in [4.69, 9.17) is 8.94 Å². The monoisotopic (exact) mass is 691 g/mol. The fourth-order valence-corrected chi connectivity index (χ4v) is 5.62. The number of pyridine rings is 1. The number of hydrogen-bond donors (Lipinski definition) is 3. The van der Waals surface area contributed by atoms with Gasteiger partial charge in [-0.1, -0.05) is 49.3 Å². The maximum Gasteiger partial charge on any atom is 0.274 e. The number of hydrogen-bond acceptors (Lipinski definition) is 11. The highest BCUT2D eigenvalue weighted by atomic mass is 16.5. The molecule has 0 saturated heterocycles. The Labute approximate surface area is 293 Å². The number of aryl methyl sites for hydroxylation is 1. The van der Waals surface area contributed by atoms with E-state index < -0.39 is 35.7 Å². The van der Waals surface area contributed by atoms with Crippen LogP contribution in [0, 0.1) is 12.8 Å². The standard InChI is InChI=1S/C36H37N9O6/c1-21(2)14-29-35-43-30(20-50-35)34(48)41-27(15-23-8-5-4-6-9-23)32(46)38-12-13-45(19-25-16-28(44-51-25)33(47)42-29)36(49)26-18-39-31(40-22(26)3)24-10-7-11-37-17-24/h4-11,16-18,20-21,27,29H,12-15,19H2,1-3H3,(H,38,46)(H,41,48)(H,42,47)/t27-,29+/m0/s1. The van der Waals surface area contributed by atoms with Gasteiger partial charge < -0.3 is 29.8 Å². The van der Waals surface area contributed by atoms with Crippen LogP contribution in [0.3, 0.4) is 0 Å². The van der Waals surface area contributed by atoms with Crippen molar-refractivity contribution in [3.05, 3.63) is 113 Å². The van der Waals surface area contributed by atoms with Gasteiger partial charge in [-0.3, -0.25) is 24.2 Å². The first-order chi connectivity index (χ1) is 24.6. The van der Waals surface area contributed by atoms with Crippen LogP contribution in [0.25, 0.3) is 11.4 Å². The Morgan fingerprint density at radius 3 is 2.51 bits per heavy atom. The number of carbonyl (C=O) groups is 4. The zero-order valence-electron chi connectivity index (χ0n) is 28.3. The van der Waals surface area contributed by atoms with E-state index >= 15 is 0 Å². The van der Waals surface area contributed by atoms with E-state index in [1.807, 2.05) is 50.2 Å². The van der Waals surface area contributed by atoms with Crippen molar-refractivity contribution in [3.8, 4) is 11.4 Å². The zero-order chi connectivity index (χ0) is 35.9. The minimum absolute atomic E-state index is 0.0193. The second-order valence-corrected chi connectivity index (χ2v) is 12.6. The molecule has 0 radical (unpaired) electrons. The van der Waals surface area contributed by atoms with Gasteiger partial charge in [0.1, 0.15) is 18.3 Å². The number of nitrogens with one attached hydrogen (secondary N) is 3. The number of amides is 4. The summed E-state index contributed by atoms with van der Waals surface area (Å²) in [5.41, 5.74) is 2.13. The summed E-state index contributed by atoms with van der Waals surface area (Å²) in [6, 6.07) is 12.6. The number of rotatable bonds is 6. The Hall–Kier alpha value is -6.25. The van der Waals surface area contributed by atoms with E-state index in [2.05, 4.69) is 41.0 Å². The van der Waals surface area contributed by atoms with E-state index in [0.29, 0.717) is 23.5 Å². The van der Waals surface area contributed by atoms with Gasteiger partial charge in [-0.15, -0.1) is 0 Å². The molecule has 6 rings (SSSR count). The molecule has 51 heavy (non-hydrogen) atoms. The molecule has 15 heteroatoms. The lowest BCUT2D eigenvalue weighted by atomic mass is 10.0. The molecule has 5 aromatic rings. The SMILES string of the molecule is Cc1nc(-c2cccnc2)ncc1C(=O)N1CCNC(=O)[C@H](Cc2ccccc2)NC(=O)c2coc(n2)[C@@H](CC(C)C)NC(=O)c2cc(on2)C1. The van der Waals surface area contributed by atoms with Gasteiger partial charge in [0.25, 0.3) is 17.7 Å². The highest BCUT2D eigenvalue weighted by molar-refractivity contribution is 5.97. The fraction of sp³-hybridized carbons (Fsp3) is 0.306. The fourth-order valence-electron chi connectivity index (χ4n) is 5.62. The third-order valence-electron chi connectivity index (χ3n) is 8.21. The lowest BCUT2D eigenvalue weighted by molar-refractivity contribution is -0.123. The van der Waals surface area contributed by atoms with E-state index in [0.717, 1.165) is 5.56 Å². The summed E-state index contributed by atoms with van der Waals surface area (Å²) >= 11 is 0. The molecule has 4 amide bonds. The highest BCUT2D eigenvalue weighted by Gasteiger charge is 2.29. The topological polar surface area (TPSA) is 198 Å². The first kappa shape index (κ1) is 34.6. The van der Waals surface area contributed by atoms with Crippen molar-refractivity contribution in [1.82, 2.24) is 45.9 Å². The summed E-state index contributed by atoms with van der Waals surface area (Å²) in [6.45, 7) is 5.62. The maximum absolute atomic E-state index is 14.0. The summed E-state index contributed by atoms with van der Waals surface area (Å²) in [5.74, 6) is -1.17. The number of fused-ring (bicyclic) bond motifs is 4. The molecule has 1 aliphatic heterocycles. The average Bonchev–Trinajstić information content (AvgIpc) is 3.81. The summed E-state index contributed by atoms with van der Waals surface area (Å²) in [4.78, 5) is 73.3. The van der Waals surface area contributed by atoms with E-state index in [1.165, 1.54) is 23.4 Å². The largest absolute Gasteiger partial charge is 0.446 e. The Bertz CT molecular complexity index is 2010. The molecular weight excluding hydrogens is 654 g/mol. The predicted octanol–water partition coefficient (Wildman–Crippen LogP) is 3.45. The van der Waals surface area contributed by atoms with Gasteiger partial charge in [-0.2, -0.15) is 0 Å². The molecular formula is C36H37N9O6. The van der Waals surface area contributed by atoms with Crippen LogP contribution in [0.1, 0.15) is 80.6 Å². The van der Waals surface area contributed by atoms with Crippen molar-refractivity contribution in [2.45, 2.75) is 52.2 Å². The van der Waals surface area contributed by atoms with Gasteiger partial charge in [0.2, 0.25) is 11.8 Å². The second kappa shape index (κ2) is 15.5. The van der Waals surface area contributed by atoms with Gasteiger partial charge in [0.15, 0.2) is 23.0 Å². The van der Waals surface area contributed by atoms with Gasteiger partial charge in [-0.25, -0.2) is 15.0 Å².